The van der Waals surface area contributed by atoms with Crippen LogP contribution in [0.25, 0.3) is 22.6 Å². The highest BCUT2D eigenvalue weighted by Gasteiger charge is 2.26. The molecule has 3 aromatic carbocycles. The van der Waals surface area contributed by atoms with E-state index < -0.39 is 17.8 Å². The summed E-state index contributed by atoms with van der Waals surface area (Å²) in [5.41, 5.74) is 6.96. The van der Waals surface area contributed by atoms with Crippen molar-refractivity contribution in [3.63, 3.8) is 0 Å². The summed E-state index contributed by atoms with van der Waals surface area (Å²) < 4.78 is 1.15. The maximum Gasteiger partial charge on any atom is 0.323 e. The highest BCUT2D eigenvalue weighted by atomic mass is 16.2. The SMILES string of the molecule is CCN(CC)CCCC(=O)c1c(C)[nH]c(/C=C2\C(=O)Cc3ccc(NC(=O)/C=C\C(=O)n4ncc5ccc(NC(=O)Nc6ccccc6)cc54)cc32)c1C. The maximum atomic E-state index is 13.2. The first-order valence-electron chi connectivity index (χ1n) is 18.0. The number of allylic oxidation sites excluding steroid dienone is 2. The highest BCUT2D eigenvalue weighted by Crippen LogP contribution is 2.34. The number of anilines is 3. The summed E-state index contributed by atoms with van der Waals surface area (Å²) in [5, 5.41) is 13.1. The van der Waals surface area contributed by atoms with Gasteiger partial charge in [0.1, 0.15) is 0 Å². The molecule has 276 valence electrons. The molecule has 2 aromatic heterocycles. The van der Waals surface area contributed by atoms with E-state index in [9.17, 15) is 24.0 Å². The summed E-state index contributed by atoms with van der Waals surface area (Å²) in [6.07, 6.45) is 7.00. The van der Waals surface area contributed by atoms with Gasteiger partial charge in [-0.3, -0.25) is 19.2 Å². The minimum absolute atomic E-state index is 0.0562. The first kappa shape index (κ1) is 37.4. The van der Waals surface area contributed by atoms with Crippen LogP contribution in [0.1, 0.15) is 69.9 Å². The lowest BCUT2D eigenvalue weighted by Crippen LogP contribution is -2.24. The Labute approximate surface area is 313 Å². The summed E-state index contributed by atoms with van der Waals surface area (Å²) in [6, 6.07) is 18.9. The Morgan fingerprint density at radius 1 is 0.889 bits per heavy atom. The molecule has 1 aliphatic carbocycles. The average Bonchev–Trinajstić information content (AvgIpc) is 3.81. The van der Waals surface area contributed by atoms with E-state index >= 15 is 0 Å². The Hall–Kier alpha value is -6.40. The molecule has 0 radical (unpaired) electrons. The number of carbonyl (C=O) groups is 5. The third kappa shape index (κ3) is 8.45. The summed E-state index contributed by atoms with van der Waals surface area (Å²) in [4.78, 5) is 70.6. The van der Waals surface area contributed by atoms with E-state index in [1.54, 1.807) is 54.6 Å². The number of ketones is 2. The molecule has 0 saturated carbocycles. The number of rotatable bonds is 13. The summed E-state index contributed by atoms with van der Waals surface area (Å²) in [5.74, 6) is -1.08. The molecule has 54 heavy (non-hydrogen) atoms. The monoisotopic (exact) mass is 725 g/mol. The summed E-state index contributed by atoms with van der Waals surface area (Å²) in [7, 11) is 0. The van der Waals surface area contributed by atoms with Crippen molar-refractivity contribution in [3.8, 4) is 0 Å². The van der Waals surface area contributed by atoms with E-state index in [1.165, 1.54) is 6.20 Å². The molecule has 0 saturated heterocycles. The van der Waals surface area contributed by atoms with Gasteiger partial charge in [0.2, 0.25) is 5.91 Å². The van der Waals surface area contributed by atoms with Crippen LogP contribution >= 0.6 is 0 Å². The fraction of sp³-hybridized carbons (Fsp3) is 0.238. The Balaban J connectivity index is 1.12. The second-order valence-electron chi connectivity index (χ2n) is 13.2. The van der Waals surface area contributed by atoms with Crippen LogP contribution in [0, 0.1) is 13.8 Å². The van der Waals surface area contributed by atoms with E-state index in [1.807, 2.05) is 32.0 Å². The number of urea groups is 1. The molecule has 0 atom stereocenters. The number of carbonyl (C=O) groups excluding carboxylic acids is 5. The van der Waals surface area contributed by atoms with E-state index in [0.29, 0.717) is 56.8 Å². The van der Waals surface area contributed by atoms with E-state index in [0.717, 1.165) is 59.7 Å². The van der Waals surface area contributed by atoms with Gasteiger partial charge in [0.15, 0.2) is 11.6 Å². The standard InChI is InChI=1S/C42H43N7O5/c1-5-48(6-2)20-10-13-37(50)41-26(3)35(44-27(41)4)24-34-33-22-31(16-14-28(33)21-38(34)51)45-39(52)18-19-40(53)49-36-23-32(17-15-29(36)25-43-49)47-42(54)46-30-11-8-7-9-12-30/h7-9,11-12,14-19,22-25,44H,5-6,10,13,20-21H2,1-4H3,(H,45,52)(H2,46,47,54)/b19-18-,34-24-. The first-order chi connectivity index (χ1) is 26.0. The second kappa shape index (κ2) is 16.5. The lowest BCUT2D eigenvalue weighted by molar-refractivity contribution is -0.113. The number of aryl methyl sites for hydroxylation is 1. The quantitative estimate of drug-likeness (QED) is 0.0726. The maximum absolute atomic E-state index is 13.2. The second-order valence-corrected chi connectivity index (χ2v) is 13.2. The van der Waals surface area contributed by atoms with Crippen molar-refractivity contribution in [2.75, 3.05) is 35.6 Å². The lowest BCUT2D eigenvalue weighted by atomic mass is 10.00. The molecule has 0 bridgehead atoms. The molecular weight excluding hydrogens is 683 g/mol. The van der Waals surface area contributed by atoms with Crippen molar-refractivity contribution >= 4 is 69.0 Å². The number of amides is 3. The molecule has 4 N–H and O–H groups in total. The number of aromatic amines is 1. The zero-order valence-electron chi connectivity index (χ0n) is 30.8. The third-order valence-electron chi connectivity index (χ3n) is 9.58. The number of hydrogen-bond donors (Lipinski definition) is 4. The number of Topliss-reactive ketones (excluding diaryl/α,β-unsaturated/α-hetero) is 2. The molecule has 0 spiro atoms. The number of aromatic nitrogens is 3. The molecular formula is C42H43N7O5. The topological polar surface area (TPSA) is 158 Å². The van der Waals surface area contributed by atoms with Gasteiger partial charge in [-0.05, 0) is 105 Å². The Morgan fingerprint density at radius 2 is 1.61 bits per heavy atom. The van der Waals surface area contributed by atoms with Crippen molar-refractivity contribution in [3.05, 3.63) is 119 Å². The number of nitrogens with one attached hydrogen (secondary N) is 4. The normalized spacial score (nSPS) is 13.2. The molecule has 5 aromatic rings. The molecule has 12 nitrogen and oxygen atoms in total. The fourth-order valence-electron chi connectivity index (χ4n) is 6.73. The molecule has 3 amide bonds. The largest absolute Gasteiger partial charge is 0.358 e. The van der Waals surface area contributed by atoms with Crippen LogP contribution < -0.4 is 16.0 Å². The van der Waals surface area contributed by atoms with Crippen LogP contribution in [0.5, 0.6) is 0 Å². The number of para-hydroxylation sites is 1. The van der Waals surface area contributed by atoms with Gasteiger partial charge in [-0.1, -0.05) is 38.1 Å². The van der Waals surface area contributed by atoms with Gasteiger partial charge in [0.05, 0.1) is 11.7 Å². The van der Waals surface area contributed by atoms with Crippen LogP contribution in [0.3, 0.4) is 0 Å². The van der Waals surface area contributed by atoms with Crippen molar-refractivity contribution in [2.24, 2.45) is 0 Å². The van der Waals surface area contributed by atoms with Crippen molar-refractivity contribution in [2.45, 2.75) is 47.0 Å². The average molecular weight is 726 g/mol. The molecule has 1 aliphatic rings. The van der Waals surface area contributed by atoms with Gasteiger partial charge in [0.25, 0.3) is 5.91 Å². The zero-order chi connectivity index (χ0) is 38.4. The van der Waals surface area contributed by atoms with Gasteiger partial charge < -0.3 is 25.8 Å². The minimum Gasteiger partial charge on any atom is -0.358 e. The van der Waals surface area contributed by atoms with Gasteiger partial charge in [0, 0.05) is 70.0 Å². The number of fused-ring (bicyclic) bond motifs is 2. The Bertz CT molecular complexity index is 2310. The molecule has 0 fully saturated rings. The summed E-state index contributed by atoms with van der Waals surface area (Å²) >= 11 is 0. The smallest absolute Gasteiger partial charge is 0.323 e. The van der Waals surface area contributed by atoms with Crippen LogP contribution in [0.2, 0.25) is 0 Å². The molecule has 0 unspecified atom stereocenters. The molecule has 6 rings (SSSR count). The summed E-state index contributed by atoms with van der Waals surface area (Å²) in [6.45, 7) is 10.8. The van der Waals surface area contributed by atoms with Gasteiger partial charge in [-0.15, -0.1) is 0 Å². The van der Waals surface area contributed by atoms with E-state index in [4.69, 9.17) is 0 Å². The Kier molecular flexibility index (Phi) is 11.4. The molecule has 12 heteroatoms. The third-order valence-corrected chi connectivity index (χ3v) is 9.58. The van der Waals surface area contributed by atoms with Crippen LogP contribution in [0.15, 0.2) is 85.1 Å². The van der Waals surface area contributed by atoms with E-state index in [-0.39, 0.29) is 18.0 Å². The van der Waals surface area contributed by atoms with Crippen molar-refractivity contribution < 1.29 is 24.0 Å². The van der Waals surface area contributed by atoms with Gasteiger partial charge in [-0.25, -0.2) is 4.79 Å². The lowest BCUT2D eigenvalue weighted by Gasteiger charge is -2.17. The van der Waals surface area contributed by atoms with Crippen molar-refractivity contribution in [1.29, 1.82) is 0 Å². The minimum atomic E-state index is -0.561. The highest BCUT2D eigenvalue weighted by molar-refractivity contribution is 6.29. The van der Waals surface area contributed by atoms with Crippen LogP contribution in [0.4, 0.5) is 21.9 Å². The predicted octanol–water partition coefficient (Wildman–Crippen LogP) is 7.43. The van der Waals surface area contributed by atoms with Gasteiger partial charge in [-0.2, -0.15) is 9.78 Å². The molecule has 0 aliphatic heterocycles. The molecule has 2 heterocycles. The number of hydrogen-bond acceptors (Lipinski definition) is 7. The van der Waals surface area contributed by atoms with Crippen LogP contribution in [-0.4, -0.2) is 68.7 Å². The number of H-pyrrole nitrogens is 1. The van der Waals surface area contributed by atoms with Gasteiger partial charge >= 0.3 is 6.03 Å². The van der Waals surface area contributed by atoms with E-state index in [2.05, 4.69) is 44.8 Å². The van der Waals surface area contributed by atoms with Crippen molar-refractivity contribution in [1.82, 2.24) is 19.7 Å². The fourth-order valence-corrected chi connectivity index (χ4v) is 6.73. The van der Waals surface area contributed by atoms with Crippen LogP contribution in [-0.2, 0) is 16.0 Å². The number of benzene rings is 3. The first-order valence-corrected chi connectivity index (χ1v) is 18.0. The Morgan fingerprint density at radius 3 is 2.37 bits per heavy atom. The number of nitrogens with zero attached hydrogens (tertiary/aromatic N) is 3. The zero-order valence-corrected chi connectivity index (χ0v) is 30.8. The predicted molar refractivity (Wildman–Crippen MR) is 212 cm³/mol.